The van der Waals surface area contributed by atoms with Gasteiger partial charge in [-0.05, 0) is 24.5 Å². The summed E-state index contributed by atoms with van der Waals surface area (Å²) in [5.41, 5.74) is 2.62. The van der Waals surface area contributed by atoms with Gasteiger partial charge in [0.2, 0.25) is 0 Å². The van der Waals surface area contributed by atoms with Gasteiger partial charge in [-0.3, -0.25) is 0 Å². The fraction of sp³-hybridized carbons (Fsp3) is 0.455. The van der Waals surface area contributed by atoms with Crippen LogP contribution in [0.5, 0.6) is 0 Å². The van der Waals surface area contributed by atoms with Gasteiger partial charge in [-0.15, -0.1) is 0 Å². The van der Waals surface area contributed by atoms with E-state index >= 15 is 0 Å². The van der Waals surface area contributed by atoms with Crippen LogP contribution >= 0.6 is 0 Å². The van der Waals surface area contributed by atoms with Crippen LogP contribution in [0, 0.1) is 5.92 Å². The summed E-state index contributed by atoms with van der Waals surface area (Å²) in [5, 5.41) is 0. The van der Waals surface area contributed by atoms with Crippen LogP contribution in [0.15, 0.2) is 35.6 Å². The van der Waals surface area contributed by atoms with Crippen molar-refractivity contribution >= 4 is 0 Å². The van der Waals surface area contributed by atoms with Gasteiger partial charge in [0.1, 0.15) is 0 Å². The van der Waals surface area contributed by atoms with Gasteiger partial charge in [0.15, 0.2) is 0 Å². The number of likely N-dealkylation sites (N-methyl/N-ethyl adjacent to an activating group) is 1. The molecule has 0 radical (unpaired) electrons. The van der Waals surface area contributed by atoms with Crippen LogP contribution in [0.2, 0.25) is 0 Å². The van der Waals surface area contributed by atoms with Gasteiger partial charge in [0.25, 0.3) is 0 Å². The third kappa shape index (κ3) is 2.26. The molecular formula is C11H17N. The maximum atomic E-state index is 2.27. The molecule has 1 nitrogen and oxygen atoms in total. The zero-order chi connectivity index (χ0) is 9.14. The molecule has 0 fully saturated rings. The minimum Gasteiger partial charge on any atom is -0.378 e. The Hall–Kier alpha value is -0.980. The molecule has 0 aromatic heterocycles. The highest BCUT2D eigenvalue weighted by Crippen LogP contribution is 2.15. The highest BCUT2D eigenvalue weighted by molar-refractivity contribution is 5.32. The zero-order valence-corrected chi connectivity index (χ0v) is 8.33. The molecule has 0 spiro atoms. The van der Waals surface area contributed by atoms with Crippen LogP contribution in [-0.2, 0) is 0 Å². The Morgan fingerprint density at radius 3 is 2.58 bits per heavy atom. The molecule has 1 aliphatic carbocycles. The van der Waals surface area contributed by atoms with E-state index in [0.717, 1.165) is 0 Å². The van der Waals surface area contributed by atoms with Gasteiger partial charge < -0.3 is 4.90 Å². The molecule has 66 valence electrons. The molecule has 0 saturated carbocycles. The standard InChI is InChI=1S/C11H17N/c1-9-5-6-10(2)8-11(7-9)12(3)4/h5-9H,1-4H3. The first-order chi connectivity index (χ1) is 5.59. The SMILES string of the molecule is CC1=CC(N(C)C)=CC(C)C=C1. The number of hydrogen-bond acceptors (Lipinski definition) is 1. The van der Waals surface area contributed by atoms with E-state index in [2.05, 4.69) is 57.1 Å². The van der Waals surface area contributed by atoms with Crippen molar-refractivity contribution in [1.82, 2.24) is 4.90 Å². The minimum atomic E-state index is 0.538. The first-order valence-electron chi connectivity index (χ1n) is 4.35. The number of hydrogen-bond donors (Lipinski definition) is 0. The summed E-state index contributed by atoms with van der Waals surface area (Å²) >= 11 is 0. The third-order valence-electron chi connectivity index (χ3n) is 1.99. The highest BCUT2D eigenvalue weighted by atomic mass is 15.1. The van der Waals surface area contributed by atoms with Crippen molar-refractivity contribution in [3.63, 3.8) is 0 Å². The molecular weight excluding hydrogens is 146 g/mol. The van der Waals surface area contributed by atoms with E-state index in [0.29, 0.717) is 5.92 Å². The first kappa shape index (κ1) is 9.11. The maximum absolute atomic E-state index is 2.27. The summed E-state index contributed by atoms with van der Waals surface area (Å²) in [7, 11) is 4.15. The fourth-order valence-corrected chi connectivity index (χ4v) is 1.24. The second-order valence-corrected chi connectivity index (χ2v) is 3.59. The van der Waals surface area contributed by atoms with Crippen molar-refractivity contribution in [2.45, 2.75) is 13.8 Å². The Balaban J connectivity index is 2.92. The molecule has 1 heteroatoms. The zero-order valence-electron chi connectivity index (χ0n) is 8.33. The number of allylic oxidation sites excluding steroid dienone is 5. The van der Waals surface area contributed by atoms with Crippen LogP contribution < -0.4 is 0 Å². The van der Waals surface area contributed by atoms with Crippen molar-refractivity contribution in [3.05, 3.63) is 35.6 Å². The molecule has 12 heavy (non-hydrogen) atoms. The lowest BCUT2D eigenvalue weighted by Gasteiger charge is -2.14. The molecule has 1 aliphatic rings. The molecule has 0 bridgehead atoms. The van der Waals surface area contributed by atoms with Crippen molar-refractivity contribution < 1.29 is 0 Å². The van der Waals surface area contributed by atoms with Crippen molar-refractivity contribution in [2.24, 2.45) is 5.92 Å². The second-order valence-electron chi connectivity index (χ2n) is 3.59. The van der Waals surface area contributed by atoms with Crippen LogP contribution in [-0.4, -0.2) is 19.0 Å². The van der Waals surface area contributed by atoms with Crippen LogP contribution in [0.4, 0.5) is 0 Å². The number of rotatable bonds is 1. The second kappa shape index (κ2) is 3.61. The minimum absolute atomic E-state index is 0.538. The Morgan fingerprint density at radius 1 is 1.33 bits per heavy atom. The predicted molar refractivity (Wildman–Crippen MR) is 53.8 cm³/mol. The Kier molecular flexibility index (Phi) is 2.74. The topological polar surface area (TPSA) is 3.24 Å². The van der Waals surface area contributed by atoms with Gasteiger partial charge in [-0.1, -0.05) is 25.2 Å². The molecule has 0 aromatic carbocycles. The van der Waals surface area contributed by atoms with Gasteiger partial charge in [-0.25, -0.2) is 0 Å². The fourth-order valence-electron chi connectivity index (χ4n) is 1.24. The molecule has 0 saturated heterocycles. The monoisotopic (exact) mass is 163 g/mol. The van der Waals surface area contributed by atoms with E-state index < -0.39 is 0 Å². The normalized spacial score (nSPS) is 22.8. The van der Waals surface area contributed by atoms with Gasteiger partial charge in [0.05, 0.1) is 0 Å². The molecule has 0 amide bonds. The Labute approximate surface area is 75.1 Å². The first-order valence-corrected chi connectivity index (χ1v) is 4.35. The van der Waals surface area contributed by atoms with Crippen molar-refractivity contribution in [2.75, 3.05) is 14.1 Å². The van der Waals surface area contributed by atoms with Gasteiger partial charge in [0, 0.05) is 19.8 Å². The summed E-state index contributed by atoms with van der Waals surface area (Å²) in [6.45, 7) is 4.33. The molecule has 0 heterocycles. The van der Waals surface area contributed by atoms with Gasteiger partial charge >= 0.3 is 0 Å². The quantitative estimate of drug-likeness (QED) is 0.574. The van der Waals surface area contributed by atoms with E-state index in [1.54, 1.807) is 0 Å². The van der Waals surface area contributed by atoms with Crippen molar-refractivity contribution in [3.8, 4) is 0 Å². The lowest BCUT2D eigenvalue weighted by atomic mass is 10.1. The number of nitrogens with zero attached hydrogens (tertiary/aromatic N) is 1. The summed E-state index contributed by atoms with van der Waals surface area (Å²) in [5.74, 6) is 0.538. The van der Waals surface area contributed by atoms with Crippen molar-refractivity contribution in [1.29, 1.82) is 0 Å². The third-order valence-corrected chi connectivity index (χ3v) is 1.99. The summed E-state index contributed by atoms with van der Waals surface area (Å²) in [6.07, 6.45) is 8.88. The molecule has 0 N–H and O–H groups in total. The van der Waals surface area contributed by atoms with E-state index in [9.17, 15) is 0 Å². The Bertz CT molecular complexity index is 244. The van der Waals surface area contributed by atoms with E-state index in [4.69, 9.17) is 0 Å². The van der Waals surface area contributed by atoms with Crippen LogP contribution in [0.3, 0.4) is 0 Å². The van der Waals surface area contributed by atoms with Crippen LogP contribution in [0.25, 0.3) is 0 Å². The molecule has 1 atom stereocenters. The molecule has 0 aromatic rings. The van der Waals surface area contributed by atoms with E-state index in [-0.39, 0.29) is 0 Å². The smallest absolute Gasteiger partial charge is 0.0328 e. The average Bonchev–Trinajstić information content (AvgIpc) is 2.13. The molecule has 1 rings (SSSR count). The van der Waals surface area contributed by atoms with E-state index in [1.807, 2.05) is 0 Å². The highest BCUT2D eigenvalue weighted by Gasteiger charge is 2.02. The predicted octanol–water partition coefficient (Wildman–Crippen LogP) is 2.58. The largest absolute Gasteiger partial charge is 0.378 e. The maximum Gasteiger partial charge on any atom is 0.0328 e. The molecule has 1 unspecified atom stereocenters. The summed E-state index contributed by atoms with van der Waals surface area (Å²) in [6, 6.07) is 0. The molecule has 0 aliphatic heterocycles. The lowest BCUT2D eigenvalue weighted by molar-refractivity contribution is 0.524. The summed E-state index contributed by atoms with van der Waals surface area (Å²) < 4.78 is 0. The van der Waals surface area contributed by atoms with Crippen LogP contribution in [0.1, 0.15) is 13.8 Å². The average molecular weight is 163 g/mol. The summed E-state index contributed by atoms with van der Waals surface area (Å²) in [4.78, 5) is 2.15. The van der Waals surface area contributed by atoms with E-state index in [1.165, 1.54) is 11.3 Å². The Morgan fingerprint density at radius 2 is 2.00 bits per heavy atom. The van der Waals surface area contributed by atoms with Gasteiger partial charge in [-0.2, -0.15) is 0 Å². The lowest BCUT2D eigenvalue weighted by Crippen LogP contribution is -2.09.